The second-order valence-electron chi connectivity index (χ2n) is 14.6. The average Bonchev–Trinajstić information content (AvgIpc) is 3.18. The molecule has 1 atom stereocenters. The van der Waals surface area contributed by atoms with E-state index < -0.39 is 6.04 Å². The SMILES string of the molecule is COc1cc(-c2cn(C)c(=O)c3cnccc23)cc(Cl)c1CN1CCC(N(C)C(=O)C2CCN(c3ccc(NC4CCC(=O)NC4=O)cc3Cl)CC2)CC1. The second kappa shape index (κ2) is 16.0. The predicted octanol–water partition coefficient (Wildman–Crippen LogP) is 5.47. The molecule has 0 saturated carbocycles. The third-order valence-corrected chi connectivity index (χ3v) is 11.9. The number of methoxy groups -OCH3 is 1. The Morgan fingerprint density at radius 3 is 2.44 bits per heavy atom. The van der Waals surface area contributed by atoms with Gasteiger partial charge in [-0.25, -0.2) is 0 Å². The topological polar surface area (TPSA) is 129 Å². The van der Waals surface area contributed by atoms with Crippen molar-refractivity contribution in [1.29, 1.82) is 0 Å². The van der Waals surface area contributed by atoms with Crippen LogP contribution in [0.2, 0.25) is 10.0 Å². The zero-order valence-electron chi connectivity index (χ0n) is 30.7. The first kappa shape index (κ1) is 37.7. The maximum absolute atomic E-state index is 13.7. The van der Waals surface area contributed by atoms with E-state index in [9.17, 15) is 19.2 Å². The Hall–Kier alpha value is -4.65. The lowest BCUT2D eigenvalue weighted by molar-refractivity contribution is -0.138. The van der Waals surface area contributed by atoms with Crippen molar-refractivity contribution < 1.29 is 19.1 Å². The van der Waals surface area contributed by atoms with E-state index in [1.807, 2.05) is 54.5 Å². The number of ether oxygens (including phenoxy) is 1. The lowest BCUT2D eigenvalue weighted by atomic mass is 9.93. The van der Waals surface area contributed by atoms with E-state index in [2.05, 4.69) is 25.4 Å². The summed E-state index contributed by atoms with van der Waals surface area (Å²) in [5.74, 6) is 0.271. The molecule has 1 unspecified atom stereocenters. The molecule has 14 heteroatoms. The molecule has 2 N–H and O–H groups in total. The van der Waals surface area contributed by atoms with E-state index in [4.69, 9.17) is 27.9 Å². The maximum atomic E-state index is 13.7. The Balaban J connectivity index is 0.923. The maximum Gasteiger partial charge on any atom is 0.259 e. The molecule has 0 bridgehead atoms. The molecule has 2 aromatic carbocycles. The Morgan fingerprint density at radius 2 is 1.74 bits per heavy atom. The number of amides is 3. The van der Waals surface area contributed by atoms with Gasteiger partial charge in [-0.05, 0) is 79.5 Å². The number of piperidine rings is 3. The van der Waals surface area contributed by atoms with Crippen molar-refractivity contribution in [2.24, 2.45) is 13.0 Å². The normalized spacial score (nSPS) is 18.8. The van der Waals surface area contributed by atoms with E-state index in [1.54, 1.807) is 31.1 Å². The van der Waals surface area contributed by atoms with E-state index in [-0.39, 0.29) is 35.2 Å². The summed E-state index contributed by atoms with van der Waals surface area (Å²) in [4.78, 5) is 60.8. The van der Waals surface area contributed by atoms with Crippen LogP contribution in [-0.4, -0.2) is 89.5 Å². The Labute approximate surface area is 324 Å². The van der Waals surface area contributed by atoms with Crippen molar-refractivity contribution in [2.45, 2.75) is 57.2 Å². The van der Waals surface area contributed by atoms with Crippen LogP contribution in [0.3, 0.4) is 0 Å². The van der Waals surface area contributed by atoms with Crippen LogP contribution in [0.5, 0.6) is 5.75 Å². The van der Waals surface area contributed by atoms with Crippen molar-refractivity contribution in [3.8, 4) is 16.9 Å². The Morgan fingerprint density at radius 1 is 0.981 bits per heavy atom. The third-order valence-electron chi connectivity index (χ3n) is 11.2. The van der Waals surface area contributed by atoms with Gasteiger partial charge in [0.25, 0.3) is 5.56 Å². The van der Waals surface area contributed by atoms with Crippen molar-refractivity contribution in [1.82, 2.24) is 24.7 Å². The number of aromatic nitrogens is 2. The minimum atomic E-state index is -0.476. The summed E-state index contributed by atoms with van der Waals surface area (Å²) in [5.41, 5.74) is 4.17. The summed E-state index contributed by atoms with van der Waals surface area (Å²) in [6.07, 6.45) is 9.07. The van der Waals surface area contributed by atoms with Crippen molar-refractivity contribution in [2.75, 3.05) is 50.6 Å². The number of pyridine rings is 2. The lowest BCUT2D eigenvalue weighted by Gasteiger charge is -2.40. The molecule has 3 fully saturated rings. The number of carbonyl (C=O) groups is 3. The first-order valence-corrected chi connectivity index (χ1v) is 19.2. The molecule has 0 aliphatic carbocycles. The first-order chi connectivity index (χ1) is 26.0. The van der Waals surface area contributed by atoms with Gasteiger partial charge in [0.1, 0.15) is 11.8 Å². The van der Waals surface area contributed by atoms with Crippen LogP contribution in [0.25, 0.3) is 21.9 Å². The standard InChI is InChI=1S/C40H45Cl2N7O5/c1-46-22-30(28-8-13-43-21-29(28)40(46)53)25-18-32(41)31(36(19-25)54-3)23-48-14-11-27(12-15-48)47(2)39(52)24-9-16-49(17-10-24)35-6-4-26(20-33(35)42)44-34-5-7-37(50)45-38(34)51/h4,6,8,13,18-22,24,27,34,44H,5,7,9-12,14-17,23H2,1-3H3,(H,45,50,51). The number of nitrogens with zero attached hydrogens (tertiary/aromatic N) is 5. The largest absolute Gasteiger partial charge is 0.496 e. The molecule has 3 aliphatic heterocycles. The Bertz CT molecular complexity index is 2140. The summed E-state index contributed by atoms with van der Waals surface area (Å²) in [7, 11) is 5.32. The number of likely N-dealkylation sites (tertiary alicyclic amines) is 1. The van der Waals surface area contributed by atoms with Gasteiger partial charge in [0.15, 0.2) is 0 Å². The fourth-order valence-electron chi connectivity index (χ4n) is 8.05. The predicted molar refractivity (Wildman–Crippen MR) is 211 cm³/mol. The quantitative estimate of drug-likeness (QED) is 0.213. The fraction of sp³-hybridized carbons (Fsp3) is 0.425. The highest BCUT2D eigenvalue weighted by Gasteiger charge is 2.33. The number of hydrogen-bond acceptors (Lipinski definition) is 9. The van der Waals surface area contributed by atoms with Gasteiger partial charge < -0.3 is 24.4 Å². The third kappa shape index (κ3) is 7.78. The minimum Gasteiger partial charge on any atom is -0.496 e. The number of aryl methyl sites for hydroxylation is 1. The van der Waals surface area contributed by atoms with E-state index in [0.717, 1.165) is 85.3 Å². The van der Waals surface area contributed by atoms with Crippen LogP contribution >= 0.6 is 23.2 Å². The Kier molecular flexibility index (Phi) is 11.1. The van der Waals surface area contributed by atoms with E-state index in [1.165, 1.54) is 0 Å². The molecule has 7 rings (SSSR count). The van der Waals surface area contributed by atoms with Gasteiger partial charge in [0, 0.05) is 106 Å². The summed E-state index contributed by atoms with van der Waals surface area (Å²) in [6.45, 7) is 3.72. The molecule has 54 heavy (non-hydrogen) atoms. The fourth-order valence-corrected chi connectivity index (χ4v) is 8.62. The van der Waals surface area contributed by atoms with Crippen molar-refractivity contribution >= 4 is 63.1 Å². The molecular formula is C40H45Cl2N7O5. The highest BCUT2D eigenvalue weighted by molar-refractivity contribution is 6.33. The molecule has 0 radical (unpaired) electrons. The van der Waals surface area contributed by atoms with Gasteiger partial charge in [-0.3, -0.25) is 34.4 Å². The van der Waals surface area contributed by atoms with Crippen LogP contribution in [0.15, 0.2) is 59.8 Å². The van der Waals surface area contributed by atoms with Crippen LogP contribution in [0.4, 0.5) is 11.4 Å². The number of hydrogen-bond donors (Lipinski definition) is 2. The molecule has 284 valence electrons. The summed E-state index contributed by atoms with van der Waals surface area (Å²) < 4.78 is 7.42. The minimum absolute atomic E-state index is 0.0430. The van der Waals surface area contributed by atoms with E-state index >= 15 is 0 Å². The summed E-state index contributed by atoms with van der Waals surface area (Å²) >= 11 is 13.6. The zero-order chi connectivity index (χ0) is 38.1. The van der Waals surface area contributed by atoms with Crippen molar-refractivity contribution in [3.63, 3.8) is 0 Å². The van der Waals surface area contributed by atoms with Crippen LogP contribution in [0, 0.1) is 5.92 Å². The highest BCUT2D eigenvalue weighted by atomic mass is 35.5. The number of imide groups is 1. The van der Waals surface area contributed by atoms with Gasteiger partial charge in [-0.15, -0.1) is 0 Å². The molecule has 2 aromatic heterocycles. The van der Waals surface area contributed by atoms with Gasteiger partial charge in [0.05, 0.1) is 23.2 Å². The van der Waals surface area contributed by atoms with Gasteiger partial charge in [0.2, 0.25) is 17.7 Å². The van der Waals surface area contributed by atoms with Crippen LogP contribution in [-0.2, 0) is 28.0 Å². The molecule has 3 amide bonds. The second-order valence-corrected chi connectivity index (χ2v) is 15.4. The lowest BCUT2D eigenvalue weighted by Crippen LogP contribution is -2.48. The number of fused-ring (bicyclic) bond motifs is 1. The number of carbonyl (C=O) groups excluding carboxylic acids is 3. The van der Waals surface area contributed by atoms with Gasteiger partial charge >= 0.3 is 0 Å². The van der Waals surface area contributed by atoms with E-state index in [0.29, 0.717) is 40.6 Å². The van der Waals surface area contributed by atoms with Gasteiger partial charge in [-0.2, -0.15) is 0 Å². The first-order valence-electron chi connectivity index (χ1n) is 18.4. The molecule has 3 aliphatic rings. The van der Waals surface area contributed by atoms with Gasteiger partial charge in [-0.1, -0.05) is 23.2 Å². The number of rotatable bonds is 9. The molecule has 3 saturated heterocycles. The molecule has 0 spiro atoms. The molecule has 4 aromatic rings. The monoisotopic (exact) mass is 773 g/mol. The zero-order valence-corrected chi connectivity index (χ0v) is 32.3. The smallest absolute Gasteiger partial charge is 0.259 e. The number of halogens is 2. The average molecular weight is 775 g/mol. The van der Waals surface area contributed by atoms with Crippen LogP contribution in [0.1, 0.15) is 44.1 Å². The number of benzene rings is 2. The molecule has 5 heterocycles. The summed E-state index contributed by atoms with van der Waals surface area (Å²) in [6, 6.07) is 11.1. The molecule has 12 nitrogen and oxygen atoms in total. The van der Waals surface area contributed by atoms with Crippen LogP contribution < -0.4 is 25.8 Å². The number of nitrogens with one attached hydrogen (secondary N) is 2. The highest BCUT2D eigenvalue weighted by Crippen LogP contribution is 2.37. The van der Waals surface area contributed by atoms with Crippen molar-refractivity contribution in [3.05, 3.63) is 81.0 Å². The molecular weight excluding hydrogens is 729 g/mol. The number of anilines is 2. The summed E-state index contributed by atoms with van der Waals surface area (Å²) in [5, 5.41) is 8.08.